The molecule has 0 saturated heterocycles. The minimum Gasteiger partial charge on any atom is -0.332 e. The summed E-state index contributed by atoms with van der Waals surface area (Å²) in [6, 6.07) is 6.30. The third-order valence-corrected chi connectivity index (χ3v) is 3.71. The van der Waals surface area contributed by atoms with Crippen molar-refractivity contribution in [3.05, 3.63) is 63.7 Å². The molecule has 0 bridgehead atoms. The Kier molecular flexibility index (Phi) is 3.78. The van der Waals surface area contributed by atoms with Crippen LogP contribution in [0.2, 0.25) is 0 Å². The predicted octanol–water partition coefficient (Wildman–Crippen LogP) is 1.86. The highest BCUT2D eigenvalue weighted by Gasteiger charge is 2.23. The van der Waals surface area contributed by atoms with Gasteiger partial charge in [-0.3, -0.25) is 14.9 Å². The number of nitro benzene ring substituents is 1. The molecule has 1 aliphatic heterocycles. The van der Waals surface area contributed by atoms with Crippen LogP contribution in [0.5, 0.6) is 0 Å². The van der Waals surface area contributed by atoms with Crippen molar-refractivity contribution >= 4 is 11.6 Å². The van der Waals surface area contributed by atoms with Crippen molar-refractivity contribution in [2.75, 3.05) is 0 Å². The van der Waals surface area contributed by atoms with Gasteiger partial charge in [0.15, 0.2) is 0 Å². The van der Waals surface area contributed by atoms with Gasteiger partial charge in [-0.25, -0.2) is 9.97 Å². The summed E-state index contributed by atoms with van der Waals surface area (Å²) >= 11 is 0. The van der Waals surface area contributed by atoms with E-state index < -0.39 is 4.92 Å². The fourth-order valence-electron chi connectivity index (χ4n) is 2.47. The molecule has 1 amide bonds. The molecule has 3 rings (SSSR count). The molecule has 0 atom stereocenters. The summed E-state index contributed by atoms with van der Waals surface area (Å²) in [6.07, 6.45) is 4.17. The standard InChI is InChI=1S/C15H14N4O3/c20-15(18-8-12-7-16-10-17-14(12)9-18)6-3-11-1-4-13(5-2-11)19(21)22/h1-2,4-5,7,10H,3,6,8-9H2. The lowest BCUT2D eigenvalue weighted by Gasteiger charge is -2.14. The van der Waals surface area contributed by atoms with Gasteiger partial charge >= 0.3 is 0 Å². The Balaban J connectivity index is 1.56. The summed E-state index contributed by atoms with van der Waals surface area (Å²) < 4.78 is 0. The van der Waals surface area contributed by atoms with Crippen molar-refractivity contribution in [3.8, 4) is 0 Å². The zero-order valence-electron chi connectivity index (χ0n) is 11.8. The number of rotatable bonds is 4. The molecule has 0 radical (unpaired) electrons. The number of amides is 1. The van der Waals surface area contributed by atoms with E-state index in [9.17, 15) is 14.9 Å². The molecule has 0 fully saturated rings. The number of nitro groups is 1. The van der Waals surface area contributed by atoms with Crippen LogP contribution in [0.15, 0.2) is 36.8 Å². The molecule has 2 aromatic rings. The first-order chi connectivity index (χ1) is 10.6. The van der Waals surface area contributed by atoms with Crippen molar-refractivity contribution in [3.63, 3.8) is 0 Å². The molecule has 1 aromatic carbocycles. The van der Waals surface area contributed by atoms with E-state index in [1.807, 2.05) is 0 Å². The SMILES string of the molecule is O=C(CCc1ccc([N+](=O)[O-])cc1)N1Cc2cncnc2C1. The maximum absolute atomic E-state index is 12.2. The Hall–Kier alpha value is -2.83. The first-order valence-corrected chi connectivity index (χ1v) is 6.92. The zero-order chi connectivity index (χ0) is 15.5. The smallest absolute Gasteiger partial charge is 0.269 e. The molecule has 0 saturated carbocycles. The third-order valence-electron chi connectivity index (χ3n) is 3.71. The minimum atomic E-state index is -0.433. The van der Waals surface area contributed by atoms with E-state index in [1.165, 1.54) is 18.5 Å². The highest BCUT2D eigenvalue weighted by atomic mass is 16.6. The first kappa shape index (κ1) is 14.1. The number of aromatic nitrogens is 2. The van der Waals surface area contributed by atoms with Crippen LogP contribution in [0.4, 0.5) is 5.69 Å². The van der Waals surface area contributed by atoms with Crippen molar-refractivity contribution in [1.29, 1.82) is 0 Å². The van der Waals surface area contributed by atoms with Gasteiger partial charge < -0.3 is 4.90 Å². The molecular formula is C15H14N4O3. The van der Waals surface area contributed by atoms with Crippen molar-refractivity contribution in [2.45, 2.75) is 25.9 Å². The van der Waals surface area contributed by atoms with Gasteiger partial charge in [-0.1, -0.05) is 12.1 Å². The lowest BCUT2D eigenvalue weighted by atomic mass is 10.1. The number of fused-ring (bicyclic) bond motifs is 1. The normalized spacial score (nSPS) is 13.0. The second kappa shape index (κ2) is 5.88. The van der Waals surface area contributed by atoms with Crippen molar-refractivity contribution in [1.82, 2.24) is 14.9 Å². The van der Waals surface area contributed by atoms with Crippen LogP contribution < -0.4 is 0 Å². The summed E-state index contributed by atoms with van der Waals surface area (Å²) in [5.74, 6) is 0.0522. The Labute approximate surface area is 126 Å². The first-order valence-electron chi connectivity index (χ1n) is 6.92. The van der Waals surface area contributed by atoms with Gasteiger partial charge in [-0.2, -0.15) is 0 Å². The molecular weight excluding hydrogens is 284 g/mol. The van der Waals surface area contributed by atoms with Crippen molar-refractivity contribution in [2.24, 2.45) is 0 Å². The number of benzene rings is 1. The summed E-state index contributed by atoms with van der Waals surface area (Å²) in [4.78, 5) is 32.3. The Bertz CT molecular complexity index is 690. The number of hydrogen-bond donors (Lipinski definition) is 0. The summed E-state index contributed by atoms with van der Waals surface area (Å²) in [5.41, 5.74) is 2.86. The number of aryl methyl sites for hydroxylation is 1. The molecule has 2 heterocycles. The van der Waals surface area contributed by atoms with Crippen LogP contribution in [0.3, 0.4) is 0 Å². The van der Waals surface area contributed by atoms with Crippen molar-refractivity contribution < 1.29 is 9.72 Å². The average Bonchev–Trinajstić information content (AvgIpc) is 2.97. The largest absolute Gasteiger partial charge is 0.332 e. The van der Waals surface area contributed by atoms with E-state index in [-0.39, 0.29) is 11.6 Å². The van der Waals surface area contributed by atoms with E-state index in [2.05, 4.69) is 9.97 Å². The maximum atomic E-state index is 12.2. The van der Waals surface area contributed by atoms with Crippen LogP contribution >= 0.6 is 0 Å². The van der Waals surface area contributed by atoms with Crippen LogP contribution in [0.25, 0.3) is 0 Å². The van der Waals surface area contributed by atoms with Gasteiger partial charge in [0.2, 0.25) is 5.91 Å². The molecule has 0 N–H and O–H groups in total. The molecule has 7 heteroatoms. The van der Waals surface area contributed by atoms with Gasteiger partial charge in [-0.05, 0) is 12.0 Å². The van der Waals surface area contributed by atoms with E-state index in [1.54, 1.807) is 23.2 Å². The number of carbonyl (C=O) groups excluding carboxylic acids is 1. The molecule has 1 aliphatic rings. The number of nitrogens with zero attached hydrogens (tertiary/aromatic N) is 4. The van der Waals surface area contributed by atoms with E-state index in [0.29, 0.717) is 25.9 Å². The maximum Gasteiger partial charge on any atom is 0.269 e. The summed E-state index contributed by atoms with van der Waals surface area (Å²) in [7, 11) is 0. The second-order valence-electron chi connectivity index (χ2n) is 5.17. The van der Waals surface area contributed by atoms with Crippen LogP contribution in [-0.2, 0) is 24.3 Å². The minimum absolute atomic E-state index is 0.0522. The van der Waals surface area contributed by atoms with Crippen LogP contribution in [0, 0.1) is 10.1 Å². The Morgan fingerprint density at radius 3 is 2.73 bits per heavy atom. The summed E-state index contributed by atoms with van der Waals surface area (Å²) in [5, 5.41) is 10.6. The Morgan fingerprint density at radius 1 is 1.27 bits per heavy atom. The highest BCUT2D eigenvalue weighted by molar-refractivity contribution is 5.77. The lowest BCUT2D eigenvalue weighted by molar-refractivity contribution is -0.384. The predicted molar refractivity (Wildman–Crippen MR) is 77.7 cm³/mol. The lowest BCUT2D eigenvalue weighted by Crippen LogP contribution is -2.25. The molecule has 1 aromatic heterocycles. The van der Waals surface area contributed by atoms with E-state index >= 15 is 0 Å². The van der Waals surface area contributed by atoms with E-state index in [4.69, 9.17) is 0 Å². The van der Waals surface area contributed by atoms with Gasteiger partial charge in [0.1, 0.15) is 6.33 Å². The number of non-ortho nitro benzene ring substituents is 1. The second-order valence-corrected chi connectivity index (χ2v) is 5.17. The molecule has 22 heavy (non-hydrogen) atoms. The third kappa shape index (κ3) is 2.93. The van der Waals surface area contributed by atoms with Crippen LogP contribution in [0.1, 0.15) is 23.2 Å². The number of carbonyl (C=O) groups is 1. The average molecular weight is 298 g/mol. The molecule has 0 aliphatic carbocycles. The molecule has 7 nitrogen and oxygen atoms in total. The fourth-order valence-corrected chi connectivity index (χ4v) is 2.47. The molecule has 112 valence electrons. The highest BCUT2D eigenvalue weighted by Crippen LogP contribution is 2.21. The molecule has 0 spiro atoms. The zero-order valence-corrected chi connectivity index (χ0v) is 11.8. The van der Waals surface area contributed by atoms with Crippen LogP contribution in [-0.4, -0.2) is 25.7 Å². The number of hydrogen-bond acceptors (Lipinski definition) is 5. The topological polar surface area (TPSA) is 89.2 Å². The quantitative estimate of drug-likeness (QED) is 0.635. The fraction of sp³-hybridized carbons (Fsp3) is 0.267. The van der Waals surface area contributed by atoms with Gasteiger partial charge in [0, 0.05) is 36.9 Å². The Morgan fingerprint density at radius 2 is 2.05 bits per heavy atom. The van der Waals surface area contributed by atoms with Gasteiger partial charge in [0.25, 0.3) is 5.69 Å². The summed E-state index contributed by atoms with van der Waals surface area (Å²) in [6.45, 7) is 1.08. The van der Waals surface area contributed by atoms with E-state index in [0.717, 1.165) is 16.8 Å². The van der Waals surface area contributed by atoms with Gasteiger partial charge in [-0.15, -0.1) is 0 Å². The van der Waals surface area contributed by atoms with Gasteiger partial charge in [0.05, 0.1) is 17.2 Å². The monoisotopic (exact) mass is 298 g/mol. The molecule has 0 unspecified atom stereocenters.